The van der Waals surface area contributed by atoms with E-state index in [1.54, 1.807) is 35.0 Å². The molecule has 1 unspecified atom stereocenters. The molecule has 0 saturated carbocycles. The predicted octanol–water partition coefficient (Wildman–Crippen LogP) is 2.87. The highest BCUT2D eigenvalue weighted by molar-refractivity contribution is 7.89. The standard InChI is InChI=1S/C19H26N4O3S/c1-13(2)23-18(12-15(4)21-23)20-19(24)17-6-5-11-22(17)27(25,26)16-9-7-14(3)8-10-16/h7-10,12-13,17H,5-6,11H2,1-4H3,(H,20,24). The molecule has 1 atom stereocenters. The van der Waals surface area contributed by atoms with Gasteiger partial charge in [0, 0.05) is 18.7 Å². The zero-order valence-electron chi connectivity index (χ0n) is 16.1. The number of hydrogen-bond acceptors (Lipinski definition) is 4. The zero-order valence-corrected chi connectivity index (χ0v) is 17.0. The van der Waals surface area contributed by atoms with Gasteiger partial charge in [-0.2, -0.15) is 9.40 Å². The van der Waals surface area contributed by atoms with E-state index in [4.69, 9.17) is 0 Å². The lowest BCUT2D eigenvalue weighted by Gasteiger charge is -2.24. The normalized spacial score (nSPS) is 18.2. The fraction of sp³-hybridized carbons (Fsp3) is 0.474. The molecule has 146 valence electrons. The molecule has 0 bridgehead atoms. The van der Waals surface area contributed by atoms with Crippen LogP contribution in [0.2, 0.25) is 0 Å². The smallest absolute Gasteiger partial charge is 0.243 e. The van der Waals surface area contributed by atoms with Gasteiger partial charge in [0.2, 0.25) is 15.9 Å². The van der Waals surface area contributed by atoms with Gasteiger partial charge in [-0.3, -0.25) is 4.79 Å². The van der Waals surface area contributed by atoms with Crippen molar-refractivity contribution >= 4 is 21.7 Å². The molecule has 1 aromatic carbocycles. The van der Waals surface area contributed by atoms with Gasteiger partial charge in [-0.05, 0) is 52.7 Å². The van der Waals surface area contributed by atoms with Gasteiger partial charge in [-0.15, -0.1) is 0 Å². The fourth-order valence-corrected chi connectivity index (χ4v) is 5.01. The molecule has 1 N–H and O–H groups in total. The van der Waals surface area contributed by atoms with Crippen LogP contribution in [-0.2, 0) is 14.8 Å². The Balaban J connectivity index is 1.84. The third-order valence-electron chi connectivity index (χ3n) is 4.73. The Hall–Kier alpha value is -2.19. The van der Waals surface area contributed by atoms with Crippen LogP contribution in [0.3, 0.4) is 0 Å². The minimum atomic E-state index is -3.71. The van der Waals surface area contributed by atoms with Crippen LogP contribution in [0.25, 0.3) is 0 Å². The highest BCUT2D eigenvalue weighted by Gasteiger charge is 2.39. The minimum absolute atomic E-state index is 0.0879. The van der Waals surface area contributed by atoms with Gasteiger partial charge < -0.3 is 5.32 Å². The number of carbonyl (C=O) groups excluding carboxylic acids is 1. The summed E-state index contributed by atoms with van der Waals surface area (Å²) in [5, 5.41) is 7.26. The third-order valence-corrected chi connectivity index (χ3v) is 6.65. The zero-order chi connectivity index (χ0) is 19.8. The van der Waals surface area contributed by atoms with Crippen LogP contribution in [0.1, 0.15) is 44.0 Å². The topological polar surface area (TPSA) is 84.3 Å². The van der Waals surface area contributed by atoms with E-state index >= 15 is 0 Å². The Kier molecular flexibility index (Phi) is 5.39. The summed E-state index contributed by atoms with van der Waals surface area (Å²) in [6, 6.07) is 7.89. The second kappa shape index (κ2) is 7.44. The van der Waals surface area contributed by atoms with Gasteiger partial charge in [0.25, 0.3) is 0 Å². The first-order valence-corrected chi connectivity index (χ1v) is 10.6. The maximum atomic E-state index is 13.0. The quantitative estimate of drug-likeness (QED) is 0.851. The number of nitrogens with one attached hydrogen (secondary N) is 1. The molecule has 8 heteroatoms. The van der Waals surface area contributed by atoms with Crippen molar-refractivity contribution in [3.05, 3.63) is 41.6 Å². The summed E-state index contributed by atoms with van der Waals surface area (Å²) in [7, 11) is -3.71. The van der Waals surface area contributed by atoms with Crippen molar-refractivity contribution < 1.29 is 13.2 Å². The minimum Gasteiger partial charge on any atom is -0.309 e. The Labute approximate surface area is 160 Å². The largest absolute Gasteiger partial charge is 0.309 e. The Bertz CT molecular complexity index is 932. The van der Waals surface area contributed by atoms with Crippen LogP contribution in [0.5, 0.6) is 0 Å². The number of benzene rings is 1. The maximum Gasteiger partial charge on any atom is 0.243 e. The van der Waals surface area contributed by atoms with E-state index < -0.39 is 16.1 Å². The molecular weight excluding hydrogens is 364 g/mol. The first-order valence-electron chi connectivity index (χ1n) is 9.15. The van der Waals surface area contributed by atoms with Crippen LogP contribution >= 0.6 is 0 Å². The molecule has 27 heavy (non-hydrogen) atoms. The summed E-state index contributed by atoms with van der Waals surface area (Å²) in [5.41, 5.74) is 1.79. The molecule has 0 spiro atoms. The Morgan fingerprint density at radius 2 is 1.89 bits per heavy atom. The van der Waals surface area contributed by atoms with Crippen molar-refractivity contribution in [2.24, 2.45) is 0 Å². The van der Waals surface area contributed by atoms with E-state index in [0.29, 0.717) is 25.2 Å². The van der Waals surface area contributed by atoms with E-state index in [9.17, 15) is 13.2 Å². The van der Waals surface area contributed by atoms with Gasteiger partial charge in [0.1, 0.15) is 11.9 Å². The van der Waals surface area contributed by atoms with E-state index in [1.165, 1.54) is 4.31 Å². The van der Waals surface area contributed by atoms with Crippen LogP contribution in [0, 0.1) is 13.8 Å². The lowest BCUT2D eigenvalue weighted by atomic mass is 10.2. The monoisotopic (exact) mass is 390 g/mol. The SMILES string of the molecule is Cc1ccc(S(=O)(=O)N2CCCC2C(=O)Nc2cc(C)nn2C(C)C)cc1. The lowest BCUT2D eigenvalue weighted by Crippen LogP contribution is -2.43. The van der Waals surface area contributed by atoms with Gasteiger partial charge in [0.05, 0.1) is 10.6 Å². The molecule has 1 aliphatic rings. The van der Waals surface area contributed by atoms with Crippen LogP contribution in [0.15, 0.2) is 35.2 Å². The van der Waals surface area contributed by atoms with Crippen molar-refractivity contribution in [2.45, 2.75) is 57.5 Å². The number of sulfonamides is 1. The molecule has 0 radical (unpaired) electrons. The van der Waals surface area contributed by atoms with E-state index in [-0.39, 0.29) is 16.8 Å². The van der Waals surface area contributed by atoms with Crippen molar-refractivity contribution in [1.82, 2.24) is 14.1 Å². The number of rotatable bonds is 5. The number of anilines is 1. The fourth-order valence-electron chi connectivity index (χ4n) is 3.35. The Morgan fingerprint density at radius 3 is 2.52 bits per heavy atom. The molecule has 2 aromatic rings. The first kappa shape index (κ1) is 19.6. The average molecular weight is 391 g/mol. The van der Waals surface area contributed by atoms with Crippen molar-refractivity contribution in [3.8, 4) is 0 Å². The maximum absolute atomic E-state index is 13.0. The highest BCUT2D eigenvalue weighted by Crippen LogP contribution is 2.27. The number of amides is 1. The summed E-state index contributed by atoms with van der Waals surface area (Å²) in [4.78, 5) is 13.1. The first-order chi connectivity index (χ1) is 12.7. The van der Waals surface area contributed by atoms with Gasteiger partial charge in [-0.1, -0.05) is 17.7 Å². The van der Waals surface area contributed by atoms with Crippen LogP contribution in [-0.4, -0.2) is 41.0 Å². The second-order valence-corrected chi connectivity index (χ2v) is 9.18. The molecule has 7 nitrogen and oxygen atoms in total. The number of hydrogen-bond donors (Lipinski definition) is 1. The molecule has 1 amide bonds. The summed E-state index contributed by atoms with van der Waals surface area (Å²) in [6.45, 7) is 8.06. The molecule has 1 saturated heterocycles. The van der Waals surface area contributed by atoms with Crippen molar-refractivity contribution in [2.75, 3.05) is 11.9 Å². The van der Waals surface area contributed by atoms with Crippen molar-refractivity contribution in [1.29, 1.82) is 0 Å². The van der Waals surface area contributed by atoms with Crippen molar-refractivity contribution in [3.63, 3.8) is 0 Å². The average Bonchev–Trinajstić information content (AvgIpc) is 3.22. The summed E-state index contributed by atoms with van der Waals surface area (Å²) in [5.74, 6) is 0.275. The highest BCUT2D eigenvalue weighted by atomic mass is 32.2. The number of nitrogens with zero attached hydrogens (tertiary/aromatic N) is 3. The van der Waals surface area contributed by atoms with E-state index in [2.05, 4.69) is 10.4 Å². The summed E-state index contributed by atoms with van der Waals surface area (Å²) < 4.78 is 29.1. The summed E-state index contributed by atoms with van der Waals surface area (Å²) >= 11 is 0. The van der Waals surface area contributed by atoms with Gasteiger partial charge >= 0.3 is 0 Å². The second-order valence-electron chi connectivity index (χ2n) is 7.29. The number of aromatic nitrogens is 2. The molecule has 1 fully saturated rings. The van der Waals surface area contributed by atoms with E-state index in [0.717, 1.165) is 11.3 Å². The van der Waals surface area contributed by atoms with E-state index in [1.807, 2.05) is 27.7 Å². The Morgan fingerprint density at radius 1 is 1.22 bits per heavy atom. The molecule has 0 aliphatic carbocycles. The number of aryl methyl sites for hydroxylation is 2. The lowest BCUT2D eigenvalue weighted by molar-refractivity contribution is -0.119. The third kappa shape index (κ3) is 3.91. The molecular formula is C19H26N4O3S. The number of carbonyl (C=O) groups is 1. The summed E-state index contributed by atoms with van der Waals surface area (Å²) in [6.07, 6.45) is 1.16. The van der Waals surface area contributed by atoms with Gasteiger partial charge in [0.15, 0.2) is 0 Å². The predicted molar refractivity (Wildman–Crippen MR) is 104 cm³/mol. The van der Waals surface area contributed by atoms with Crippen LogP contribution in [0.4, 0.5) is 5.82 Å². The molecule has 3 rings (SSSR count). The molecule has 2 heterocycles. The van der Waals surface area contributed by atoms with Gasteiger partial charge in [-0.25, -0.2) is 13.1 Å². The van der Waals surface area contributed by atoms with Crippen LogP contribution < -0.4 is 5.32 Å². The molecule has 1 aliphatic heterocycles. The molecule has 1 aromatic heterocycles.